The van der Waals surface area contributed by atoms with Crippen LogP contribution in [0.1, 0.15) is 18.4 Å². The fourth-order valence-electron chi connectivity index (χ4n) is 1.74. The first-order chi connectivity index (χ1) is 10.3. The van der Waals surface area contributed by atoms with Crippen molar-refractivity contribution in [2.24, 2.45) is 0 Å². The van der Waals surface area contributed by atoms with Crippen LogP contribution in [0.4, 0.5) is 5.69 Å². The van der Waals surface area contributed by atoms with E-state index >= 15 is 0 Å². The number of nitro benzene ring substituents is 1. The largest absolute Gasteiger partial charge is 0.481 e. The van der Waals surface area contributed by atoms with Crippen LogP contribution < -0.4 is 5.32 Å². The fourth-order valence-corrected chi connectivity index (χ4v) is 1.74. The Kier molecular flexibility index (Phi) is 5.99. The molecule has 0 aromatic heterocycles. The molecule has 9 nitrogen and oxygen atoms in total. The number of aliphatic carboxylic acids is 2. The first kappa shape index (κ1) is 17.1. The first-order valence-electron chi connectivity index (χ1n) is 6.27. The van der Waals surface area contributed by atoms with Crippen molar-refractivity contribution in [2.45, 2.75) is 25.3 Å². The predicted octanol–water partition coefficient (Wildman–Crippen LogP) is 0.571. The molecule has 0 unspecified atom stereocenters. The number of nitrogens with one attached hydrogen (secondary N) is 1. The SMILES string of the molecule is O=C(O)CC[C@H](NC(=O)Cc1cccc([N+](=O)[O-])c1)C(=O)O. The average molecular weight is 310 g/mol. The second-order valence-electron chi connectivity index (χ2n) is 4.49. The van der Waals surface area contributed by atoms with E-state index in [0.717, 1.165) is 0 Å². The minimum Gasteiger partial charge on any atom is -0.481 e. The zero-order chi connectivity index (χ0) is 16.7. The Hall–Kier alpha value is -2.97. The van der Waals surface area contributed by atoms with Gasteiger partial charge in [-0.05, 0) is 12.0 Å². The van der Waals surface area contributed by atoms with E-state index < -0.39 is 35.2 Å². The number of amides is 1. The molecule has 1 aromatic carbocycles. The van der Waals surface area contributed by atoms with E-state index in [9.17, 15) is 24.5 Å². The molecule has 0 fully saturated rings. The predicted molar refractivity (Wildman–Crippen MR) is 73.2 cm³/mol. The number of nitrogens with zero attached hydrogens (tertiary/aromatic N) is 1. The molecule has 22 heavy (non-hydrogen) atoms. The van der Waals surface area contributed by atoms with Gasteiger partial charge in [0, 0.05) is 18.6 Å². The third-order valence-corrected chi connectivity index (χ3v) is 2.77. The van der Waals surface area contributed by atoms with E-state index in [1.807, 2.05) is 0 Å². The van der Waals surface area contributed by atoms with Crippen molar-refractivity contribution in [3.05, 3.63) is 39.9 Å². The summed E-state index contributed by atoms with van der Waals surface area (Å²) >= 11 is 0. The molecule has 1 atom stereocenters. The number of carboxylic acids is 2. The van der Waals surface area contributed by atoms with Gasteiger partial charge in [-0.3, -0.25) is 19.7 Å². The lowest BCUT2D eigenvalue weighted by molar-refractivity contribution is -0.384. The van der Waals surface area contributed by atoms with Crippen LogP contribution in [0, 0.1) is 10.1 Å². The van der Waals surface area contributed by atoms with Crippen molar-refractivity contribution in [1.29, 1.82) is 0 Å². The maximum Gasteiger partial charge on any atom is 0.326 e. The van der Waals surface area contributed by atoms with Gasteiger partial charge in [0.2, 0.25) is 5.91 Å². The molecule has 9 heteroatoms. The number of rotatable bonds is 8. The highest BCUT2D eigenvalue weighted by Gasteiger charge is 2.21. The fraction of sp³-hybridized carbons (Fsp3) is 0.308. The summed E-state index contributed by atoms with van der Waals surface area (Å²) in [5.41, 5.74) is 0.181. The van der Waals surface area contributed by atoms with Crippen molar-refractivity contribution < 1.29 is 29.5 Å². The van der Waals surface area contributed by atoms with E-state index in [4.69, 9.17) is 10.2 Å². The highest BCUT2D eigenvalue weighted by Crippen LogP contribution is 2.13. The van der Waals surface area contributed by atoms with Gasteiger partial charge >= 0.3 is 11.9 Å². The number of hydrogen-bond acceptors (Lipinski definition) is 5. The van der Waals surface area contributed by atoms with E-state index in [1.54, 1.807) is 0 Å². The molecule has 0 aliphatic heterocycles. The summed E-state index contributed by atoms with van der Waals surface area (Å²) in [6, 6.07) is 4.09. The molecule has 0 aliphatic carbocycles. The molecular formula is C13H14N2O7. The van der Waals surface area contributed by atoms with E-state index in [1.165, 1.54) is 24.3 Å². The number of carboxylic acid groups (broad SMARTS) is 2. The third kappa shape index (κ3) is 5.57. The smallest absolute Gasteiger partial charge is 0.326 e. The summed E-state index contributed by atoms with van der Waals surface area (Å²) in [6.07, 6.45) is -0.877. The Bertz CT molecular complexity index is 600. The van der Waals surface area contributed by atoms with Gasteiger partial charge < -0.3 is 15.5 Å². The summed E-state index contributed by atoms with van der Waals surface area (Å²) in [6.45, 7) is 0. The lowest BCUT2D eigenvalue weighted by Crippen LogP contribution is -2.41. The van der Waals surface area contributed by atoms with Crippen molar-refractivity contribution in [1.82, 2.24) is 5.32 Å². The van der Waals surface area contributed by atoms with Crippen molar-refractivity contribution in [2.75, 3.05) is 0 Å². The molecule has 118 valence electrons. The van der Waals surface area contributed by atoms with E-state index in [2.05, 4.69) is 5.32 Å². The van der Waals surface area contributed by atoms with Crippen LogP contribution in [0.15, 0.2) is 24.3 Å². The van der Waals surface area contributed by atoms with Crippen molar-refractivity contribution in [3.63, 3.8) is 0 Å². The molecular weight excluding hydrogens is 296 g/mol. The van der Waals surface area contributed by atoms with Crippen LogP contribution in [0.25, 0.3) is 0 Å². The molecule has 0 aliphatic rings. The number of carbonyl (C=O) groups is 3. The van der Waals surface area contributed by atoms with Gasteiger partial charge in [0.05, 0.1) is 11.3 Å². The van der Waals surface area contributed by atoms with Crippen LogP contribution in [-0.4, -0.2) is 39.0 Å². The molecule has 0 saturated heterocycles. The molecule has 0 spiro atoms. The van der Waals surface area contributed by atoms with Gasteiger partial charge in [0.25, 0.3) is 5.69 Å². The maximum absolute atomic E-state index is 11.8. The summed E-state index contributed by atoms with van der Waals surface area (Å²) in [5.74, 6) is -3.16. The second-order valence-corrected chi connectivity index (χ2v) is 4.49. The molecule has 0 saturated carbocycles. The number of non-ortho nitro benzene ring substituents is 1. The lowest BCUT2D eigenvalue weighted by Gasteiger charge is -2.13. The third-order valence-electron chi connectivity index (χ3n) is 2.77. The maximum atomic E-state index is 11.8. The molecule has 1 amide bonds. The Balaban J connectivity index is 2.67. The van der Waals surface area contributed by atoms with E-state index in [0.29, 0.717) is 5.56 Å². The van der Waals surface area contributed by atoms with E-state index in [-0.39, 0.29) is 18.5 Å². The van der Waals surface area contributed by atoms with Gasteiger partial charge in [0.1, 0.15) is 6.04 Å². The Morgan fingerprint density at radius 1 is 1.27 bits per heavy atom. The molecule has 1 aromatic rings. The molecule has 3 N–H and O–H groups in total. The summed E-state index contributed by atoms with van der Waals surface area (Å²) in [4.78, 5) is 43.2. The molecule has 0 heterocycles. The summed E-state index contributed by atoms with van der Waals surface area (Å²) < 4.78 is 0. The van der Waals surface area contributed by atoms with Crippen LogP contribution in [0.2, 0.25) is 0 Å². The molecule has 1 rings (SSSR count). The Morgan fingerprint density at radius 3 is 2.50 bits per heavy atom. The Labute approximate surface area is 124 Å². The highest BCUT2D eigenvalue weighted by atomic mass is 16.6. The minimum atomic E-state index is -1.34. The highest BCUT2D eigenvalue weighted by molar-refractivity contribution is 5.85. The van der Waals surface area contributed by atoms with Gasteiger partial charge in [-0.1, -0.05) is 12.1 Å². The number of benzene rings is 1. The average Bonchev–Trinajstić information content (AvgIpc) is 2.43. The normalized spacial score (nSPS) is 11.5. The number of nitro groups is 1. The summed E-state index contributed by atoms with van der Waals surface area (Å²) in [7, 11) is 0. The van der Waals surface area contributed by atoms with Crippen LogP contribution in [0.3, 0.4) is 0 Å². The van der Waals surface area contributed by atoms with Gasteiger partial charge in [-0.15, -0.1) is 0 Å². The summed E-state index contributed by atoms with van der Waals surface area (Å²) in [5, 5.41) is 30.3. The zero-order valence-electron chi connectivity index (χ0n) is 11.4. The molecule has 0 bridgehead atoms. The van der Waals surface area contributed by atoms with Crippen molar-refractivity contribution in [3.8, 4) is 0 Å². The minimum absolute atomic E-state index is 0.175. The second kappa shape index (κ2) is 7.72. The quantitative estimate of drug-likeness (QED) is 0.469. The number of carbonyl (C=O) groups excluding carboxylic acids is 1. The first-order valence-corrected chi connectivity index (χ1v) is 6.27. The van der Waals surface area contributed by atoms with Crippen molar-refractivity contribution >= 4 is 23.5 Å². The lowest BCUT2D eigenvalue weighted by atomic mass is 10.1. The molecule has 0 radical (unpaired) electrons. The monoisotopic (exact) mass is 310 g/mol. The Morgan fingerprint density at radius 2 is 1.95 bits per heavy atom. The van der Waals surface area contributed by atoms with Crippen LogP contribution >= 0.6 is 0 Å². The van der Waals surface area contributed by atoms with Gasteiger partial charge in [-0.2, -0.15) is 0 Å². The van der Waals surface area contributed by atoms with Crippen LogP contribution in [-0.2, 0) is 20.8 Å². The topological polar surface area (TPSA) is 147 Å². The van der Waals surface area contributed by atoms with Gasteiger partial charge in [0.15, 0.2) is 0 Å². The number of hydrogen-bond donors (Lipinski definition) is 3. The standard InChI is InChI=1S/C13H14N2O7/c16-11(14-10(13(19)20)4-5-12(17)18)7-8-2-1-3-9(6-8)15(21)22/h1-3,6,10H,4-5,7H2,(H,14,16)(H,17,18)(H,19,20)/t10-/m0/s1. The zero-order valence-corrected chi connectivity index (χ0v) is 11.4. The van der Waals surface area contributed by atoms with Gasteiger partial charge in [-0.25, -0.2) is 4.79 Å². The van der Waals surface area contributed by atoms with Crippen LogP contribution in [0.5, 0.6) is 0 Å².